The van der Waals surface area contributed by atoms with E-state index in [9.17, 15) is 4.79 Å². The SMILES string of the molecule is CC(C)C(NCC1CCCCC1)C(N)=O. The van der Waals surface area contributed by atoms with E-state index in [0.29, 0.717) is 0 Å². The normalized spacial score (nSPS) is 20.5. The van der Waals surface area contributed by atoms with E-state index >= 15 is 0 Å². The van der Waals surface area contributed by atoms with Crippen molar-refractivity contribution in [3.05, 3.63) is 0 Å². The number of amides is 1. The van der Waals surface area contributed by atoms with E-state index in [-0.39, 0.29) is 17.9 Å². The Labute approximate surface area is 92.8 Å². The number of hydrogen-bond donors (Lipinski definition) is 2. The van der Waals surface area contributed by atoms with E-state index < -0.39 is 0 Å². The van der Waals surface area contributed by atoms with Gasteiger partial charge in [-0.15, -0.1) is 0 Å². The van der Waals surface area contributed by atoms with E-state index in [1.165, 1.54) is 32.1 Å². The van der Waals surface area contributed by atoms with Crippen LogP contribution in [-0.2, 0) is 4.79 Å². The van der Waals surface area contributed by atoms with Crippen molar-refractivity contribution in [2.45, 2.75) is 52.0 Å². The molecule has 0 radical (unpaired) electrons. The molecule has 1 rings (SSSR count). The lowest BCUT2D eigenvalue weighted by atomic mass is 9.89. The molecule has 0 bridgehead atoms. The summed E-state index contributed by atoms with van der Waals surface area (Å²) in [5.41, 5.74) is 5.35. The van der Waals surface area contributed by atoms with Gasteiger partial charge in [0.15, 0.2) is 0 Å². The molecule has 1 unspecified atom stereocenters. The van der Waals surface area contributed by atoms with Crippen LogP contribution in [0.5, 0.6) is 0 Å². The average molecular weight is 212 g/mol. The number of nitrogens with two attached hydrogens (primary N) is 1. The van der Waals surface area contributed by atoms with Gasteiger partial charge in [-0.3, -0.25) is 4.79 Å². The first kappa shape index (κ1) is 12.5. The zero-order valence-corrected chi connectivity index (χ0v) is 9.96. The van der Waals surface area contributed by atoms with Crippen LogP contribution >= 0.6 is 0 Å². The van der Waals surface area contributed by atoms with Gasteiger partial charge in [-0.05, 0) is 31.2 Å². The van der Waals surface area contributed by atoms with Crippen LogP contribution in [0.25, 0.3) is 0 Å². The van der Waals surface area contributed by atoms with Crippen LogP contribution in [0.2, 0.25) is 0 Å². The Morgan fingerprint density at radius 3 is 2.40 bits per heavy atom. The highest BCUT2D eigenvalue weighted by atomic mass is 16.1. The smallest absolute Gasteiger partial charge is 0.234 e. The first-order valence-electron chi connectivity index (χ1n) is 6.14. The molecule has 0 aliphatic heterocycles. The fourth-order valence-electron chi connectivity index (χ4n) is 2.35. The largest absolute Gasteiger partial charge is 0.368 e. The summed E-state index contributed by atoms with van der Waals surface area (Å²) in [7, 11) is 0. The third kappa shape index (κ3) is 4.20. The summed E-state index contributed by atoms with van der Waals surface area (Å²) in [4.78, 5) is 11.2. The van der Waals surface area contributed by atoms with E-state index in [1.807, 2.05) is 13.8 Å². The van der Waals surface area contributed by atoms with Gasteiger partial charge < -0.3 is 11.1 Å². The molecule has 88 valence electrons. The first-order chi connectivity index (χ1) is 7.11. The van der Waals surface area contributed by atoms with Crippen LogP contribution in [0.3, 0.4) is 0 Å². The highest BCUT2D eigenvalue weighted by Crippen LogP contribution is 2.23. The number of nitrogens with one attached hydrogen (secondary N) is 1. The third-order valence-corrected chi connectivity index (χ3v) is 3.32. The van der Waals surface area contributed by atoms with Gasteiger partial charge in [-0.1, -0.05) is 33.1 Å². The van der Waals surface area contributed by atoms with Crippen LogP contribution < -0.4 is 11.1 Å². The van der Waals surface area contributed by atoms with Gasteiger partial charge >= 0.3 is 0 Å². The van der Waals surface area contributed by atoms with Crippen LogP contribution in [0.15, 0.2) is 0 Å². The molecule has 1 aliphatic rings. The highest BCUT2D eigenvalue weighted by Gasteiger charge is 2.21. The Hall–Kier alpha value is -0.570. The van der Waals surface area contributed by atoms with Crippen molar-refractivity contribution >= 4 is 5.91 Å². The van der Waals surface area contributed by atoms with Crippen LogP contribution in [0.4, 0.5) is 0 Å². The van der Waals surface area contributed by atoms with Gasteiger partial charge in [0.2, 0.25) is 5.91 Å². The van der Waals surface area contributed by atoms with Gasteiger partial charge in [0.1, 0.15) is 0 Å². The second-order valence-corrected chi connectivity index (χ2v) is 5.04. The quantitative estimate of drug-likeness (QED) is 0.728. The molecule has 1 aliphatic carbocycles. The molecule has 1 fully saturated rings. The van der Waals surface area contributed by atoms with Crippen molar-refractivity contribution in [2.75, 3.05) is 6.54 Å². The lowest BCUT2D eigenvalue weighted by Gasteiger charge is -2.25. The van der Waals surface area contributed by atoms with Gasteiger partial charge in [0.25, 0.3) is 0 Å². The van der Waals surface area contributed by atoms with Crippen molar-refractivity contribution in [1.82, 2.24) is 5.32 Å². The van der Waals surface area contributed by atoms with Gasteiger partial charge in [-0.2, -0.15) is 0 Å². The molecule has 0 aromatic heterocycles. The third-order valence-electron chi connectivity index (χ3n) is 3.32. The number of primary amides is 1. The number of hydrogen-bond acceptors (Lipinski definition) is 2. The highest BCUT2D eigenvalue weighted by molar-refractivity contribution is 5.80. The van der Waals surface area contributed by atoms with E-state index in [2.05, 4.69) is 5.32 Å². The number of carbonyl (C=O) groups is 1. The first-order valence-corrected chi connectivity index (χ1v) is 6.14. The zero-order chi connectivity index (χ0) is 11.3. The summed E-state index contributed by atoms with van der Waals surface area (Å²) in [5.74, 6) is 0.811. The molecule has 0 aromatic carbocycles. The van der Waals surface area contributed by atoms with E-state index in [1.54, 1.807) is 0 Å². The molecule has 1 amide bonds. The fourth-order valence-corrected chi connectivity index (χ4v) is 2.35. The molecular weight excluding hydrogens is 188 g/mol. The Morgan fingerprint density at radius 1 is 1.33 bits per heavy atom. The predicted octanol–water partition coefficient (Wildman–Crippen LogP) is 1.67. The van der Waals surface area contributed by atoms with Gasteiger partial charge in [-0.25, -0.2) is 0 Å². The summed E-state index contributed by atoms with van der Waals surface area (Å²) >= 11 is 0. The lowest BCUT2D eigenvalue weighted by Crippen LogP contribution is -2.46. The minimum absolute atomic E-state index is 0.160. The van der Waals surface area contributed by atoms with Crippen molar-refractivity contribution < 1.29 is 4.79 Å². The lowest BCUT2D eigenvalue weighted by molar-refractivity contribution is -0.121. The summed E-state index contributed by atoms with van der Waals surface area (Å²) in [6.45, 7) is 5.01. The molecule has 15 heavy (non-hydrogen) atoms. The van der Waals surface area contributed by atoms with Crippen molar-refractivity contribution in [3.8, 4) is 0 Å². The second-order valence-electron chi connectivity index (χ2n) is 5.04. The molecule has 0 aromatic rings. The van der Waals surface area contributed by atoms with Crippen LogP contribution in [0, 0.1) is 11.8 Å². The minimum atomic E-state index is -0.221. The zero-order valence-electron chi connectivity index (χ0n) is 9.96. The Morgan fingerprint density at radius 2 is 1.93 bits per heavy atom. The van der Waals surface area contributed by atoms with Gasteiger partial charge in [0, 0.05) is 0 Å². The fraction of sp³-hybridized carbons (Fsp3) is 0.917. The summed E-state index contributed by atoms with van der Waals surface area (Å²) in [6.07, 6.45) is 6.66. The number of carbonyl (C=O) groups excluding carboxylic acids is 1. The molecule has 0 spiro atoms. The average Bonchev–Trinajstić information content (AvgIpc) is 2.18. The second kappa shape index (κ2) is 6.11. The Balaban J connectivity index is 2.29. The van der Waals surface area contributed by atoms with Crippen molar-refractivity contribution in [2.24, 2.45) is 17.6 Å². The van der Waals surface area contributed by atoms with Crippen LogP contribution in [0.1, 0.15) is 46.0 Å². The Kier molecular flexibility index (Phi) is 5.09. The monoisotopic (exact) mass is 212 g/mol. The summed E-state index contributed by atoms with van der Waals surface area (Å²) in [6, 6.07) is -0.160. The van der Waals surface area contributed by atoms with E-state index in [4.69, 9.17) is 5.73 Å². The minimum Gasteiger partial charge on any atom is -0.368 e. The molecule has 1 saturated carbocycles. The van der Waals surface area contributed by atoms with Crippen LogP contribution in [-0.4, -0.2) is 18.5 Å². The molecule has 3 N–H and O–H groups in total. The maximum absolute atomic E-state index is 11.2. The molecule has 0 saturated heterocycles. The van der Waals surface area contributed by atoms with Crippen molar-refractivity contribution in [1.29, 1.82) is 0 Å². The Bertz CT molecular complexity index is 198. The molecule has 1 atom stereocenters. The summed E-state index contributed by atoms with van der Waals surface area (Å²) < 4.78 is 0. The van der Waals surface area contributed by atoms with Gasteiger partial charge in [0.05, 0.1) is 6.04 Å². The molecule has 3 nitrogen and oxygen atoms in total. The summed E-state index contributed by atoms with van der Waals surface area (Å²) in [5, 5.41) is 3.31. The topological polar surface area (TPSA) is 55.1 Å². The van der Waals surface area contributed by atoms with E-state index in [0.717, 1.165) is 12.5 Å². The molecule has 3 heteroatoms. The maximum atomic E-state index is 11.2. The van der Waals surface area contributed by atoms with Crippen molar-refractivity contribution in [3.63, 3.8) is 0 Å². The standard InChI is InChI=1S/C12H24N2O/c1-9(2)11(12(13)15)14-8-10-6-4-3-5-7-10/h9-11,14H,3-8H2,1-2H3,(H2,13,15). The molecule has 0 heterocycles. The molecular formula is C12H24N2O. The maximum Gasteiger partial charge on any atom is 0.234 e. The number of rotatable bonds is 5. The predicted molar refractivity (Wildman–Crippen MR) is 62.4 cm³/mol.